The number of hydrogen-bond acceptors (Lipinski definition) is 2. The Labute approximate surface area is 216 Å². The molecule has 0 saturated carbocycles. The van der Waals surface area contributed by atoms with Crippen molar-refractivity contribution in [2.24, 2.45) is 5.41 Å². The molecule has 0 saturated heterocycles. The van der Waals surface area contributed by atoms with Crippen molar-refractivity contribution in [3.63, 3.8) is 0 Å². The van der Waals surface area contributed by atoms with E-state index in [1.807, 2.05) is 0 Å². The maximum atomic E-state index is 8.26. The van der Waals surface area contributed by atoms with Crippen molar-refractivity contribution in [1.29, 1.82) is 0 Å². The fraction of sp³-hybridized carbons (Fsp3) is 0.931. The van der Waals surface area contributed by atoms with Crippen LogP contribution in [0.25, 0.3) is 0 Å². The van der Waals surface area contributed by atoms with Gasteiger partial charge in [-0.2, -0.15) is 0 Å². The van der Waals surface area contributed by atoms with E-state index >= 15 is 0 Å². The first-order valence-corrected chi connectivity index (χ1v) is 21.9. The number of unbranched alkanes of at least 4 members (excludes halogenated alkanes) is 10. The first-order chi connectivity index (χ1) is 17.0. The molecule has 0 amide bonds. The van der Waals surface area contributed by atoms with Crippen LogP contribution in [-0.2, 0) is 6.54 Å². The Morgan fingerprint density at radius 2 is 1.21 bits per heavy atom. The van der Waals surface area contributed by atoms with E-state index in [9.17, 15) is 0 Å². The summed E-state index contributed by atoms with van der Waals surface area (Å²) in [6, 6.07) is 0. The van der Waals surface area contributed by atoms with Gasteiger partial charge in [-0.05, 0) is 5.41 Å². The minimum absolute atomic E-state index is 0.358. The van der Waals surface area contributed by atoms with Gasteiger partial charge in [0.1, 0.15) is 0 Å². The van der Waals surface area contributed by atoms with Crippen LogP contribution in [0.2, 0.25) is 13.3 Å². The van der Waals surface area contributed by atoms with Gasteiger partial charge < -0.3 is 0 Å². The van der Waals surface area contributed by atoms with E-state index in [2.05, 4.69) is 56.5 Å². The van der Waals surface area contributed by atoms with Crippen molar-refractivity contribution in [2.45, 2.75) is 165 Å². The second kappa shape index (κ2) is 17.4. The van der Waals surface area contributed by atoms with Crippen LogP contribution < -0.4 is 3.71 Å². The van der Waals surface area contributed by atoms with Crippen LogP contribution in [0.15, 0.2) is 0 Å². The number of nitrogens with zero attached hydrogens (tertiary/aromatic N) is 3. The summed E-state index contributed by atoms with van der Waals surface area (Å²) in [5.41, 5.74) is 0.822. The van der Waals surface area contributed by atoms with E-state index in [0.29, 0.717) is 11.1 Å². The quantitative estimate of drug-likeness (QED) is 0.115. The molecule has 0 aliphatic heterocycles. The van der Waals surface area contributed by atoms with E-state index in [0.717, 1.165) is 16.7 Å². The van der Waals surface area contributed by atoms with Crippen molar-refractivity contribution in [1.82, 2.24) is 15.0 Å². The monoisotopic (exact) mass is 572 g/mol. The average Bonchev–Trinajstić information content (AvgIpc) is 3.24. The van der Waals surface area contributed by atoms with Crippen LogP contribution in [0, 0.1) is 12.3 Å². The second-order valence-corrected chi connectivity index (χ2v) is 24.7. The zero-order chi connectivity index (χ0) is 27.1. The van der Waals surface area contributed by atoms with Gasteiger partial charge in [-0.3, -0.25) is 0 Å². The molecule has 0 aliphatic carbocycles. The third kappa shape index (κ3) is 12.5. The molecule has 0 aliphatic rings. The van der Waals surface area contributed by atoms with Gasteiger partial charge in [0, 0.05) is 0 Å². The van der Waals surface area contributed by atoms with Gasteiger partial charge >= 0.3 is 191 Å². The molecule has 0 unspecified atom stereocenters. The van der Waals surface area contributed by atoms with Crippen LogP contribution >= 0.6 is 0 Å². The zero-order valence-electron chi connectivity index (χ0n) is 26.3. The molecule has 0 atom stereocenters. The summed E-state index contributed by atoms with van der Waals surface area (Å²) in [4.78, 5) is 0. The first kappa shape index (κ1) is 26.0. The molecular formula is C29H59N3Sn. The normalized spacial score (nSPS) is 14.3. The minimum atomic E-state index is -2.98. The molecular weight excluding hydrogens is 509 g/mol. The molecule has 33 heavy (non-hydrogen) atoms. The third-order valence-electron chi connectivity index (χ3n) is 7.31. The Morgan fingerprint density at radius 1 is 0.727 bits per heavy atom. The molecule has 194 valence electrons. The van der Waals surface area contributed by atoms with Gasteiger partial charge in [0.25, 0.3) is 0 Å². The summed E-state index contributed by atoms with van der Waals surface area (Å²) in [6.45, 7) is 12.5. The molecule has 4 heteroatoms. The van der Waals surface area contributed by atoms with E-state index in [1.165, 1.54) is 103 Å². The predicted octanol–water partition coefficient (Wildman–Crippen LogP) is 9.20. The van der Waals surface area contributed by atoms with Crippen LogP contribution in [0.1, 0.15) is 148 Å². The Bertz CT molecular complexity index is 673. The maximum absolute atomic E-state index is 8.26. The fourth-order valence-electron chi connectivity index (χ4n) is 5.25. The molecule has 3 nitrogen and oxygen atoms in total. The van der Waals surface area contributed by atoms with E-state index in [1.54, 1.807) is 0 Å². The molecule has 0 bridgehead atoms. The number of aromatic nitrogens is 3. The molecule has 1 heterocycles. The van der Waals surface area contributed by atoms with Gasteiger partial charge in [0.15, 0.2) is 0 Å². The summed E-state index contributed by atoms with van der Waals surface area (Å²) in [5, 5.41) is 8.87. The SMILES string of the molecule is [2H]C([2H])([2H])c1nnn(CCCCCCCCCCC(C)(C)C)[c]1[Sn]([CH2]CCC)([CH2]CCC)[CH2]CCC. The van der Waals surface area contributed by atoms with Gasteiger partial charge in [0.2, 0.25) is 0 Å². The first-order valence-electron chi connectivity index (χ1n) is 15.9. The summed E-state index contributed by atoms with van der Waals surface area (Å²) in [6.07, 6.45) is 18.8. The standard InChI is InChI=1S/C17H32N3.3C4H9.Sn/c1-16-15-20(19-18-16)14-12-10-8-6-5-7-9-11-13-17(2,3)4;3*1-3-4-2;/h5-14H2,1-4H3;3*1,3-4H2,2H3;/i1D3;;;;. The molecule has 0 spiro atoms. The second-order valence-electron chi connectivity index (χ2n) is 11.7. The van der Waals surface area contributed by atoms with Gasteiger partial charge in [-0.15, -0.1) is 0 Å². The van der Waals surface area contributed by atoms with E-state index in [-0.39, 0.29) is 0 Å². The van der Waals surface area contributed by atoms with E-state index < -0.39 is 25.2 Å². The Hall–Kier alpha value is -0.0613. The van der Waals surface area contributed by atoms with Crippen LogP contribution in [0.5, 0.6) is 0 Å². The molecule has 1 rings (SSSR count). The van der Waals surface area contributed by atoms with Crippen LogP contribution in [-0.4, -0.2) is 33.4 Å². The van der Waals surface area contributed by atoms with Crippen molar-refractivity contribution in [3.05, 3.63) is 5.69 Å². The zero-order valence-corrected chi connectivity index (χ0v) is 26.1. The van der Waals surface area contributed by atoms with Crippen molar-refractivity contribution < 1.29 is 4.11 Å². The molecule has 0 fully saturated rings. The fourth-order valence-corrected chi connectivity index (χ4v) is 21.8. The Balaban J connectivity index is 2.84. The Morgan fingerprint density at radius 3 is 1.67 bits per heavy atom. The van der Waals surface area contributed by atoms with Crippen LogP contribution in [0.4, 0.5) is 0 Å². The summed E-state index contributed by atoms with van der Waals surface area (Å²) in [5.74, 6) is 0. The average molecular weight is 572 g/mol. The molecule has 1 aromatic rings. The molecule has 1 aromatic heterocycles. The Kier molecular flexibility index (Phi) is 13.7. The van der Waals surface area contributed by atoms with Gasteiger partial charge in [-0.1, -0.05) is 20.8 Å². The van der Waals surface area contributed by atoms with Crippen molar-refractivity contribution >= 4 is 22.1 Å². The van der Waals surface area contributed by atoms with Crippen molar-refractivity contribution in [2.75, 3.05) is 0 Å². The summed E-state index contributed by atoms with van der Waals surface area (Å²) >= 11 is -2.98. The van der Waals surface area contributed by atoms with Crippen LogP contribution in [0.3, 0.4) is 0 Å². The summed E-state index contributed by atoms with van der Waals surface area (Å²) in [7, 11) is 0. The third-order valence-corrected chi connectivity index (χ3v) is 22.8. The van der Waals surface area contributed by atoms with Gasteiger partial charge in [-0.25, -0.2) is 0 Å². The topological polar surface area (TPSA) is 30.7 Å². The predicted molar refractivity (Wildman–Crippen MR) is 150 cm³/mol. The number of hydrogen-bond donors (Lipinski definition) is 0. The molecule has 0 N–H and O–H groups in total. The molecule has 0 radical (unpaired) electrons. The number of aryl methyl sites for hydroxylation is 2. The number of rotatable bonds is 20. The molecule has 0 aromatic carbocycles. The van der Waals surface area contributed by atoms with Crippen molar-refractivity contribution in [3.8, 4) is 0 Å². The summed E-state index contributed by atoms with van der Waals surface area (Å²) < 4.78 is 31.8. The van der Waals surface area contributed by atoms with Gasteiger partial charge in [0.05, 0.1) is 0 Å². The van der Waals surface area contributed by atoms with E-state index in [4.69, 9.17) is 4.11 Å².